The number of amides is 1. The van der Waals surface area contributed by atoms with Gasteiger partial charge in [0.1, 0.15) is 29.9 Å². The number of nitrogens with one attached hydrogen (secondary N) is 1. The van der Waals surface area contributed by atoms with Crippen LogP contribution in [0.25, 0.3) is 10.9 Å². The van der Waals surface area contributed by atoms with E-state index in [1.54, 1.807) is 49.3 Å². The number of ether oxygens (including phenoxy) is 2. The highest BCUT2D eigenvalue weighted by Crippen LogP contribution is 2.40. The van der Waals surface area contributed by atoms with Crippen LogP contribution in [0, 0.1) is 11.3 Å². The predicted molar refractivity (Wildman–Crippen MR) is 209 cm³/mol. The number of anilines is 3. The molecule has 0 spiro atoms. The number of hydrogen-bond donors (Lipinski definition) is 1. The van der Waals surface area contributed by atoms with E-state index in [9.17, 15) is 35.3 Å². The molecule has 0 aliphatic carbocycles. The van der Waals surface area contributed by atoms with Crippen LogP contribution in [0.15, 0.2) is 72.4 Å². The summed E-state index contributed by atoms with van der Waals surface area (Å²) in [6, 6.07) is 13.7. The number of aromatic nitrogens is 2. The van der Waals surface area contributed by atoms with Crippen molar-refractivity contribution in [2.45, 2.75) is 32.4 Å². The Balaban J connectivity index is 1.69. The second-order valence-corrected chi connectivity index (χ2v) is 17.7. The molecule has 1 saturated heterocycles. The molecule has 304 valence electrons. The van der Waals surface area contributed by atoms with Crippen LogP contribution in [-0.2, 0) is 54.4 Å². The van der Waals surface area contributed by atoms with Gasteiger partial charge >= 0.3 is 26.1 Å². The maximum absolute atomic E-state index is 14.6. The Morgan fingerprint density at radius 3 is 2.30 bits per heavy atom. The number of nitrogens with zero attached hydrogens (tertiary/aromatic N) is 5. The molecule has 2 aromatic heterocycles. The Bertz CT molecular complexity index is 2590. The van der Waals surface area contributed by atoms with Crippen LogP contribution in [-0.4, -0.2) is 91.0 Å². The summed E-state index contributed by atoms with van der Waals surface area (Å²) in [5.74, 6) is -3.38. The lowest BCUT2D eigenvalue weighted by molar-refractivity contribution is -0.121. The van der Waals surface area contributed by atoms with Crippen LogP contribution in [0.2, 0.25) is 5.02 Å². The smallest absolute Gasteiger partial charge is 0.323 e. The highest BCUT2D eigenvalue weighted by atomic mass is 35.5. The highest BCUT2D eigenvalue weighted by molar-refractivity contribution is 7.86. The number of rotatable bonds is 16. The van der Waals surface area contributed by atoms with Crippen molar-refractivity contribution in [2.75, 3.05) is 49.3 Å². The van der Waals surface area contributed by atoms with Gasteiger partial charge in [-0.15, -0.1) is 4.28 Å². The number of likely N-dealkylation sites (N-methyl/N-ethyl adjacent to an activating group) is 1. The zero-order chi connectivity index (χ0) is 41.7. The van der Waals surface area contributed by atoms with E-state index in [1.807, 2.05) is 12.1 Å². The maximum atomic E-state index is 14.6. The van der Waals surface area contributed by atoms with Gasteiger partial charge in [0, 0.05) is 29.5 Å². The van der Waals surface area contributed by atoms with Crippen LogP contribution >= 0.6 is 11.6 Å². The van der Waals surface area contributed by atoms with E-state index >= 15 is 0 Å². The van der Waals surface area contributed by atoms with Crippen molar-refractivity contribution >= 4 is 75.8 Å². The van der Waals surface area contributed by atoms with E-state index < -0.39 is 59.5 Å². The zero-order valence-electron chi connectivity index (χ0n) is 31.1. The molecule has 1 amide bonds. The van der Waals surface area contributed by atoms with Crippen LogP contribution < -0.4 is 19.9 Å². The van der Waals surface area contributed by atoms with E-state index in [-0.39, 0.29) is 57.6 Å². The van der Waals surface area contributed by atoms with Gasteiger partial charge < -0.3 is 23.2 Å². The molecule has 0 bridgehead atoms. The molecule has 22 heteroatoms. The molecule has 3 heterocycles. The van der Waals surface area contributed by atoms with Gasteiger partial charge in [0.15, 0.2) is 5.76 Å². The minimum absolute atomic E-state index is 0.000206. The van der Waals surface area contributed by atoms with Crippen molar-refractivity contribution < 1.29 is 52.2 Å². The molecule has 2 aromatic carbocycles. The topological polar surface area (TPSA) is 234 Å². The molecule has 1 fully saturated rings. The number of halogens is 1. The summed E-state index contributed by atoms with van der Waals surface area (Å²) in [4.78, 5) is 24.8. The molecule has 18 nitrogen and oxygen atoms in total. The second kappa shape index (κ2) is 17.5. The molecule has 1 N–H and O–H groups in total. The lowest BCUT2D eigenvalue weighted by atomic mass is 10.1. The van der Waals surface area contributed by atoms with Gasteiger partial charge in [0.2, 0.25) is 0 Å². The first-order valence-corrected chi connectivity index (χ1v) is 22.7. The summed E-state index contributed by atoms with van der Waals surface area (Å²) in [6.07, 6.45) is 5.49. The number of nitriles is 1. The summed E-state index contributed by atoms with van der Waals surface area (Å²) < 4.78 is 103. The zero-order valence-corrected chi connectivity index (χ0v) is 34.3. The van der Waals surface area contributed by atoms with E-state index in [1.165, 1.54) is 24.4 Å². The summed E-state index contributed by atoms with van der Waals surface area (Å²) in [6.45, 7) is 2.10. The predicted octanol–water partition coefficient (Wildman–Crippen LogP) is 4.36. The van der Waals surface area contributed by atoms with E-state index in [0.29, 0.717) is 48.9 Å². The molecule has 1 aliphatic rings. The van der Waals surface area contributed by atoms with Gasteiger partial charge in [0.05, 0.1) is 58.9 Å². The lowest BCUT2D eigenvalue weighted by Gasteiger charge is -2.27. The Morgan fingerprint density at radius 2 is 1.72 bits per heavy atom. The van der Waals surface area contributed by atoms with E-state index in [0.717, 1.165) is 0 Å². The van der Waals surface area contributed by atoms with E-state index in [2.05, 4.69) is 15.3 Å². The fourth-order valence-corrected chi connectivity index (χ4v) is 7.35. The Hall–Kier alpha value is -5.24. The summed E-state index contributed by atoms with van der Waals surface area (Å²) in [5.41, 5.74) is 0.911. The van der Waals surface area contributed by atoms with Gasteiger partial charge in [-0.05, 0) is 69.8 Å². The standard InChI is InChI=1S/C35H37ClN6O12S3/c1-6-50-31-18-27-25(32(22(19-37)20-39-27)40-23-12-13-30(26(36)16-23)51-21-24-10-7-8-14-38-24)17-29(31)42(54-57(5,48)49)35(43)34(53-56(4,46)47)33(52-55(3,44)45)28-11-9-15-41(28)2/h7-8,10,12-14,16-18,20,28H,6,9,11,15,21H2,1-5H3,(H,39,40)/b34-33+/t28-/m1/s1. The SMILES string of the molecule is CCOc1cc2ncc(C#N)c(Nc3ccc(OCc4ccccn4)c(Cl)c3)c2cc1N(OS(C)(=O)=O)C(=O)/C(OS(C)(=O)=O)=C(\OS(C)(=O)=O)[C@H]1CCCN1C. The molecular weight excluding hydrogens is 828 g/mol. The number of likely N-dealkylation sites (tertiary alicyclic amines) is 1. The Morgan fingerprint density at radius 1 is 0.982 bits per heavy atom. The van der Waals surface area contributed by atoms with Crippen LogP contribution in [0.1, 0.15) is 31.0 Å². The summed E-state index contributed by atoms with van der Waals surface area (Å²) in [7, 11) is -12.1. The quantitative estimate of drug-likeness (QED) is 0.0713. The van der Waals surface area contributed by atoms with Crippen LogP contribution in [0.4, 0.5) is 17.1 Å². The van der Waals surface area contributed by atoms with Gasteiger partial charge in [-0.3, -0.25) is 19.7 Å². The largest absolute Gasteiger partial charge is 0.492 e. The molecule has 57 heavy (non-hydrogen) atoms. The lowest BCUT2D eigenvalue weighted by Crippen LogP contribution is -2.39. The second-order valence-electron chi connectivity index (χ2n) is 12.6. The first kappa shape index (κ1) is 42.9. The maximum Gasteiger partial charge on any atom is 0.323 e. The average molecular weight is 865 g/mol. The van der Waals surface area contributed by atoms with Crippen molar-refractivity contribution in [3.8, 4) is 17.6 Å². The number of benzene rings is 2. The van der Waals surface area contributed by atoms with Gasteiger partial charge in [0.25, 0.3) is 15.9 Å². The summed E-state index contributed by atoms with van der Waals surface area (Å²) >= 11 is 6.56. The Labute approximate surface area is 334 Å². The van der Waals surface area contributed by atoms with Crippen LogP contribution in [0.3, 0.4) is 0 Å². The third-order valence-corrected chi connectivity index (χ3v) is 9.67. The van der Waals surface area contributed by atoms with Crippen LogP contribution in [0.5, 0.6) is 11.5 Å². The first-order chi connectivity index (χ1) is 26.8. The molecule has 0 saturated carbocycles. The van der Waals surface area contributed by atoms with Crippen molar-refractivity contribution in [3.63, 3.8) is 0 Å². The van der Waals surface area contributed by atoms with Crippen molar-refractivity contribution in [2.24, 2.45) is 0 Å². The monoisotopic (exact) mass is 864 g/mol. The number of pyridine rings is 2. The third kappa shape index (κ3) is 11.2. The number of hydrogen-bond acceptors (Lipinski definition) is 17. The van der Waals surface area contributed by atoms with Crippen molar-refractivity contribution in [3.05, 3.63) is 88.7 Å². The molecular formula is C35H37ClN6O12S3. The van der Waals surface area contributed by atoms with Crippen molar-refractivity contribution in [1.82, 2.24) is 14.9 Å². The molecule has 0 radical (unpaired) electrons. The number of carbonyl (C=O) groups excluding carboxylic acids is 1. The molecule has 5 rings (SSSR count). The normalized spacial score (nSPS) is 15.4. The average Bonchev–Trinajstić information content (AvgIpc) is 3.56. The third-order valence-electron chi connectivity index (χ3n) is 8.00. The van der Waals surface area contributed by atoms with Gasteiger partial charge in [-0.25, -0.2) is 0 Å². The van der Waals surface area contributed by atoms with Gasteiger partial charge in [-0.2, -0.15) is 35.6 Å². The molecule has 0 unspecified atom stereocenters. The highest BCUT2D eigenvalue weighted by Gasteiger charge is 2.40. The van der Waals surface area contributed by atoms with Crippen molar-refractivity contribution in [1.29, 1.82) is 5.26 Å². The number of fused-ring (bicyclic) bond motifs is 1. The van der Waals surface area contributed by atoms with E-state index in [4.69, 9.17) is 33.7 Å². The van der Waals surface area contributed by atoms with Gasteiger partial charge in [-0.1, -0.05) is 17.7 Å². The first-order valence-electron chi connectivity index (χ1n) is 16.8. The fourth-order valence-electron chi connectivity index (χ4n) is 5.73. The fraction of sp³-hybridized carbons (Fsp3) is 0.314. The minimum atomic E-state index is -4.63. The summed E-state index contributed by atoms with van der Waals surface area (Å²) in [5, 5.41) is 13.7. The molecule has 1 atom stereocenters. The number of carbonyl (C=O) groups is 1. The number of hydroxylamine groups is 1. The molecule has 1 aliphatic heterocycles. The minimum Gasteiger partial charge on any atom is -0.492 e. The molecule has 4 aromatic rings. The Kier molecular flexibility index (Phi) is 13.2.